The standard InChI is InChI=1S/C16H23NO2/c1-6-7-13-12-9-15(19-5)14(18-4)8-11(12)10-16(2,3)17-13/h6,8-9,13,17H,1,7,10H2,2-5H3/t13-/m1/s1. The zero-order valence-electron chi connectivity index (χ0n) is 12.2. The minimum Gasteiger partial charge on any atom is -0.493 e. The summed E-state index contributed by atoms with van der Waals surface area (Å²) in [5.41, 5.74) is 2.70. The summed E-state index contributed by atoms with van der Waals surface area (Å²) in [6.45, 7) is 8.31. The van der Waals surface area contributed by atoms with Gasteiger partial charge in [0.1, 0.15) is 0 Å². The molecule has 2 rings (SSSR count). The van der Waals surface area contributed by atoms with E-state index in [1.807, 2.05) is 6.08 Å². The highest BCUT2D eigenvalue weighted by Gasteiger charge is 2.31. The summed E-state index contributed by atoms with van der Waals surface area (Å²) in [6.07, 6.45) is 3.85. The molecule has 0 spiro atoms. The average molecular weight is 261 g/mol. The predicted molar refractivity (Wildman–Crippen MR) is 78.0 cm³/mol. The van der Waals surface area contributed by atoms with Crippen molar-refractivity contribution < 1.29 is 9.47 Å². The van der Waals surface area contributed by atoms with Gasteiger partial charge in [0.15, 0.2) is 11.5 Å². The molecule has 0 amide bonds. The molecule has 1 atom stereocenters. The number of methoxy groups -OCH3 is 2. The molecule has 0 aliphatic carbocycles. The van der Waals surface area contributed by atoms with Gasteiger partial charge in [0.05, 0.1) is 14.2 Å². The van der Waals surface area contributed by atoms with E-state index in [2.05, 4.69) is 37.9 Å². The Balaban J connectivity index is 2.50. The first-order chi connectivity index (χ1) is 9.00. The van der Waals surface area contributed by atoms with Gasteiger partial charge < -0.3 is 14.8 Å². The van der Waals surface area contributed by atoms with Gasteiger partial charge in [0.2, 0.25) is 0 Å². The molecule has 0 bridgehead atoms. The fraction of sp³-hybridized carbons (Fsp3) is 0.500. The third-order valence-corrected chi connectivity index (χ3v) is 3.62. The monoisotopic (exact) mass is 261 g/mol. The van der Waals surface area contributed by atoms with Crippen LogP contribution in [0.2, 0.25) is 0 Å². The van der Waals surface area contributed by atoms with Gasteiger partial charge in [0.25, 0.3) is 0 Å². The van der Waals surface area contributed by atoms with Crippen LogP contribution in [0.1, 0.15) is 37.4 Å². The van der Waals surface area contributed by atoms with Gasteiger partial charge in [-0.3, -0.25) is 0 Å². The Morgan fingerprint density at radius 3 is 2.53 bits per heavy atom. The minimum atomic E-state index is 0.0836. The van der Waals surface area contributed by atoms with Crippen molar-refractivity contribution >= 4 is 0 Å². The molecular formula is C16H23NO2. The zero-order chi connectivity index (χ0) is 14.0. The molecule has 104 valence electrons. The van der Waals surface area contributed by atoms with E-state index in [0.717, 1.165) is 24.3 Å². The predicted octanol–water partition coefficient (Wildman–Crippen LogP) is 3.25. The summed E-state index contributed by atoms with van der Waals surface area (Å²) >= 11 is 0. The largest absolute Gasteiger partial charge is 0.493 e. The van der Waals surface area contributed by atoms with Crippen LogP contribution in [0.3, 0.4) is 0 Å². The summed E-state index contributed by atoms with van der Waals surface area (Å²) in [5, 5.41) is 3.67. The van der Waals surface area contributed by atoms with Crippen molar-refractivity contribution in [2.24, 2.45) is 0 Å². The first-order valence-corrected chi connectivity index (χ1v) is 6.64. The lowest BCUT2D eigenvalue weighted by Crippen LogP contribution is -2.47. The van der Waals surface area contributed by atoms with Gasteiger partial charge in [0, 0.05) is 11.6 Å². The first-order valence-electron chi connectivity index (χ1n) is 6.64. The molecule has 1 heterocycles. The van der Waals surface area contributed by atoms with Gasteiger partial charge in [-0.05, 0) is 49.9 Å². The van der Waals surface area contributed by atoms with E-state index in [1.165, 1.54) is 11.1 Å². The van der Waals surface area contributed by atoms with Gasteiger partial charge in [-0.15, -0.1) is 6.58 Å². The topological polar surface area (TPSA) is 30.5 Å². The number of nitrogens with one attached hydrogen (secondary N) is 1. The van der Waals surface area contributed by atoms with Crippen LogP contribution in [0.15, 0.2) is 24.8 Å². The summed E-state index contributed by atoms with van der Waals surface area (Å²) in [4.78, 5) is 0. The third kappa shape index (κ3) is 2.76. The molecule has 1 aromatic carbocycles. The van der Waals surface area contributed by atoms with Crippen molar-refractivity contribution in [2.45, 2.75) is 38.3 Å². The quantitative estimate of drug-likeness (QED) is 0.844. The second-order valence-corrected chi connectivity index (χ2v) is 5.69. The minimum absolute atomic E-state index is 0.0836. The maximum atomic E-state index is 5.40. The SMILES string of the molecule is C=CC[C@H]1NC(C)(C)Cc2cc(OC)c(OC)cc21. The fourth-order valence-electron chi connectivity index (χ4n) is 2.84. The van der Waals surface area contributed by atoms with Gasteiger partial charge >= 0.3 is 0 Å². The normalized spacial score (nSPS) is 20.5. The second-order valence-electron chi connectivity index (χ2n) is 5.69. The summed E-state index contributed by atoms with van der Waals surface area (Å²) < 4.78 is 10.8. The molecule has 0 saturated heterocycles. The van der Waals surface area contributed by atoms with Crippen molar-refractivity contribution in [3.63, 3.8) is 0 Å². The van der Waals surface area contributed by atoms with E-state index >= 15 is 0 Å². The van der Waals surface area contributed by atoms with Crippen LogP contribution >= 0.6 is 0 Å². The molecule has 1 aliphatic rings. The molecule has 1 aromatic rings. The molecule has 1 aliphatic heterocycles. The molecule has 1 N–H and O–H groups in total. The van der Waals surface area contributed by atoms with Crippen molar-refractivity contribution in [2.75, 3.05) is 14.2 Å². The summed E-state index contributed by atoms with van der Waals surface area (Å²) in [6, 6.07) is 4.48. The summed E-state index contributed by atoms with van der Waals surface area (Å²) in [7, 11) is 3.35. The van der Waals surface area contributed by atoms with Crippen LogP contribution in [0.25, 0.3) is 0 Å². The van der Waals surface area contributed by atoms with Crippen LogP contribution in [-0.2, 0) is 6.42 Å². The Hall–Kier alpha value is -1.48. The van der Waals surface area contributed by atoms with E-state index in [4.69, 9.17) is 9.47 Å². The lowest BCUT2D eigenvalue weighted by Gasteiger charge is -2.39. The molecule has 3 heteroatoms. The Kier molecular flexibility index (Phi) is 3.85. The highest BCUT2D eigenvalue weighted by molar-refractivity contribution is 5.50. The van der Waals surface area contributed by atoms with E-state index in [9.17, 15) is 0 Å². The third-order valence-electron chi connectivity index (χ3n) is 3.62. The number of hydrogen-bond acceptors (Lipinski definition) is 3. The van der Waals surface area contributed by atoms with Crippen LogP contribution in [0.4, 0.5) is 0 Å². The highest BCUT2D eigenvalue weighted by atomic mass is 16.5. The Labute approximate surface area is 115 Å². The van der Waals surface area contributed by atoms with Crippen LogP contribution in [-0.4, -0.2) is 19.8 Å². The molecule has 0 fully saturated rings. The van der Waals surface area contributed by atoms with E-state index in [1.54, 1.807) is 14.2 Å². The van der Waals surface area contributed by atoms with Gasteiger partial charge in [-0.25, -0.2) is 0 Å². The van der Waals surface area contributed by atoms with Crippen LogP contribution in [0.5, 0.6) is 11.5 Å². The molecule has 0 saturated carbocycles. The number of fused-ring (bicyclic) bond motifs is 1. The van der Waals surface area contributed by atoms with Gasteiger partial charge in [-0.1, -0.05) is 6.08 Å². The number of rotatable bonds is 4. The Morgan fingerprint density at radius 2 is 1.95 bits per heavy atom. The maximum Gasteiger partial charge on any atom is 0.161 e. The Morgan fingerprint density at radius 1 is 1.32 bits per heavy atom. The van der Waals surface area contributed by atoms with Crippen molar-refractivity contribution in [3.05, 3.63) is 35.9 Å². The van der Waals surface area contributed by atoms with Gasteiger partial charge in [-0.2, -0.15) is 0 Å². The zero-order valence-corrected chi connectivity index (χ0v) is 12.2. The summed E-state index contributed by atoms with van der Waals surface area (Å²) in [5.74, 6) is 1.59. The Bertz CT molecular complexity index is 480. The van der Waals surface area contributed by atoms with Crippen molar-refractivity contribution in [1.29, 1.82) is 0 Å². The van der Waals surface area contributed by atoms with E-state index in [0.29, 0.717) is 0 Å². The second kappa shape index (κ2) is 5.25. The van der Waals surface area contributed by atoms with E-state index < -0.39 is 0 Å². The molecular weight excluding hydrogens is 238 g/mol. The van der Waals surface area contributed by atoms with E-state index in [-0.39, 0.29) is 11.6 Å². The fourth-order valence-corrected chi connectivity index (χ4v) is 2.84. The molecule has 0 aromatic heterocycles. The number of hydrogen-bond donors (Lipinski definition) is 1. The highest BCUT2D eigenvalue weighted by Crippen LogP contribution is 2.39. The lowest BCUT2D eigenvalue weighted by molar-refractivity contribution is 0.305. The van der Waals surface area contributed by atoms with Crippen molar-refractivity contribution in [3.8, 4) is 11.5 Å². The smallest absolute Gasteiger partial charge is 0.161 e. The molecule has 0 radical (unpaired) electrons. The van der Waals surface area contributed by atoms with Crippen molar-refractivity contribution in [1.82, 2.24) is 5.32 Å². The lowest BCUT2D eigenvalue weighted by atomic mass is 9.82. The first kappa shape index (κ1) is 13.9. The average Bonchev–Trinajstić information content (AvgIpc) is 2.36. The molecule has 19 heavy (non-hydrogen) atoms. The molecule has 3 nitrogen and oxygen atoms in total. The molecule has 0 unspecified atom stereocenters. The van der Waals surface area contributed by atoms with Crippen LogP contribution in [0, 0.1) is 0 Å². The number of ether oxygens (including phenoxy) is 2. The number of benzene rings is 1. The van der Waals surface area contributed by atoms with Crippen LogP contribution < -0.4 is 14.8 Å². The maximum absolute atomic E-state index is 5.40.